The highest BCUT2D eigenvalue weighted by Crippen LogP contribution is 2.19. The number of nitrogens with zero attached hydrogens (tertiary/aromatic N) is 2. The summed E-state index contributed by atoms with van der Waals surface area (Å²) in [6, 6.07) is 5.88. The summed E-state index contributed by atoms with van der Waals surface area (Å²) >= 11 is 0. The first-order chi connectivity index (χ1) is 12.6. The largest absolute Gasteiger partial charge is 0.488 e. The number of amides is 1. The predicted molar refractivity (Wildman–Crippen MR) is 96.7 cm³/mol. The van der Waals surface area contributed by atoms with Gasteiger partial charge in [0.15, 0.2) is 0 Å². The maximum atomic E-state index is 13.3. The lowest BCUT2D eigenvalue weighted by Crippen LogP contribution is -2.52. The minimum absolute atomic E-state index is 0.00673. The quantitative estimate of drug-likeness (QED) is 0.819. The van der Waals surface area contributed by atoms with E-state index < -0.39 is 0 Å². The van der Waals surface area contributed by atoms with Crippen LogP contribution in [-0.2, 0) is 9.53 Å². The van der Waals surface area contributed by atoms with Gasteiger partial charge in [-0.3, -0.25) is 4.79 Å². The number of rotatable bonds is 6. The molecule has 0 aliphatic carbocycles. The van der Waals surface area contributed by atoms with Gasteiger partial charge >= 0.3 is 0 Å². The number of piperazine rings is 1. The van der Waals surface area contributed by atoms with Crippen molar-refractivity contribution in [1.29, 1.82) is 0 Å². The molecule has 144 valence electrons. The molecule has 2 fully saturated rings. The first-order valence-electron chi connectivity index (χ1n) is 9.30. The molecule has 1 N–H and O–H groups in total. The third kappa shape index (κ3) is 5.65. The molecule has 2 aliphatic heterocycles. The van der Waals surface area contributed by atoms with E-state index in [2.05, 4.69) is 22.2 Å². The number of nitrogens with one attached hydrogen (secondary N) is 1. The number of benzene rings is 1. The second-order valence-corrected chi connectivity index (χ2v) is 7.05. The number of likely N-dealkylation sites (N-methyl/N-ethyl adjacent to an activating group) is 1. The molecule has 2 aliphatic rings. The molecule has 6 nitrogen and oxygen atoms in total. The molecular weight excluding hydrogens is 337 g/mol. The van der Waals surface area contributed by atoms with E-state index in [1.165, 1.54) is 12.1 Å². The van der Waals surface area contributed by atoms with Gasteiger partial charge in [0.2, 0.25) is 5.91 Å². The van der Waals surface area contributed by atoms with Crippen LogP contribution in [-0.4, -0.2) is 80.8 Å². The Morgan fingerprint density at radius 1 is 1.35 bits per heavy atom. The lowest BCUT2D eigenvalue weighted by atomic mass is 10.1. The zero-order valence-corrected chi connectivity index (χ0v) is 15.3. The summed E-state index contributed by atoms with van der Waals surface area (Å²) < 4.78 is 24.7. The molecule has 3 rings (SSSR count). The standard InChI is InChI=1S/C19H28FN3O3/c1-22-8-10-23(11-9-22)7-5-19(24)21-17-14-25-12-6-18(17)26-16-4-2-3-15(20)13-16/h2-4,13,17-18H,5-12,14H2,1H3,(H,21,24)/t17-,18+/m1/s1. The van der Waals surface area contributed by atoms with Crippen LogP contribution in [0.25, 0.3) is 0 Å². The normalized spacial score (nSPS) is 25.0. The van der Waals surface area contributed by atoms with Crippen molar-refractivity contribution in [3.05, 3.63) is 30.1 Å². The molecule has 0 spiro atoms. The topological polar surface area (TPSA) is 54.0 Å². The SMILES string of the molecule is CN1CCN(CCC(=O)N[C@@H]2COCC[C@@H]2Oc2cccc(F)c2)CC1. The first kappa shape index (κ1) is 19.1. The van der Waals surface area contributed by atoms with Gasteiger partial charge in [-0.15, -0.1) is 0 Å². The molecule has 2 saturated heterocycles. The Hall–Kier alpha value is -1.70. The van der Waals surface area contributed by atoms with Gasteiger partial charge < -0.3 is 24.6 Å². The summed E-state index contributed by atoms with van der Waals surface area (Å²) in [5, 5.41) is 3.03. The highest BCUT2D eigenvalue weighted by atomic mass is 19.1. The average molecular weight is 365 g/mol. The lowest BCUT2D eigenvalue weighted by Gasteiger charge is -2.33. The molecule has 1 amide bonds. The molecule has 2 atom stereocenters. The highest BCUT2D eigenvalue weighted by molar-refractivity contribution is 5.76. The molecule has 7 heteroatoms. The van der Waals surface area contributed by atoms with Crippen LogP contribution < -0.4 is 10.1 Å². The van der Waals surface area contributed by atoms with E-state index in [-0.39, 0.29) is 23.9 Å². The molecule has 1 aromatic rings. The summed E-state index contributed by atoms with van der Waals surface area (Å²) in [6.07, 6.45) is 0.922. The second-order valence-electron chi connectivity index (χ2n) is 7.05. The summed E-state index contributed by atoms with van der Waals surface area (Å²) in [4.78, 5) is 17.0. The molecule has 2 heterocycles. The second kappa shape index (κ2) is 9.30. The Morgan fingerprint density at radius 2 is 2.15 bits per heavy atom. The number of halogens is 1. The molecule has 0 bridgehead atoms. The van der Waals surface area contributed by atoms with Crippen LogP contribution in [0.5, 0.6) is 5.75 Å². The molecule has 1 aromatic carbocycles. The minimum atomic E-state index is -0.331. The number of carbonyl (C=O) groups excluding carboxylic acids is 1. The molecule has 0 unspecified atom stereocenters. The fourth-order valence-electron chi connectivity index (χ4n) is 3.32. The van der Waals surface area contributed by atoms with Crippen LogP contribution in [0, 0.1) is 5.82 Å². The van der Waals surface area contributed by atoms with Crippen molar-refractivity contribution < 1.29 is 18.7 Å². The zero-order valence-electron chi connectivity index (χ0n) is 15.3. The maximum Gasteiger partial charge on any atom is 0.221 e. The van der Waals surface area contributed by atoms with E-state index in [1.807, 2.05) is 0 Å². The van der Waals surface area contributed by atoms with E-state index in [4.69, 9.17) is 9.47 Å². The third-order valence-electron chi connectivity index (χ3n) is 4.97. The van der Waals surface area contributed by atoms with Crippen LogP contribution in [0.1, 0.15) is 12.8 Å². The average Bonchev–Trinajstić information content (AvgIpc) is 2.63. The van der Waals surface area contributed by atoms with E-state index >= 15 is 0 Å². The maximum absolute atomic E-state index is 13.3. The summed E-state index contributed by atoms with van der Waals surface area (Å²) in [5.41, 5.74) is 0. The van der Waals surface area contributed by atoms with Gasteiger partial charge in [-0.1, -0.05) is 6.07 Å². The number of hydrogen-bond donors (Lipinski definition) is 1. The van der Waals surface area contributed by atoms with Gasteiger partial charge in [0, 0.05) is 51.6 Å². The van der Waals surface area contributed by atoms with Gasteiger partial charge in [0.05, 0.1) is 19.3 Å². The number of ether oxygens (including phenoxy) is 2. The molecule has 0 aromatic heterocycles. The molecule has 0 saturated carbocycles. The Balaban J connectivity index is 1.47. The minimum Gasteiger partial charge on any atom is -0.488 e. The van der Waals surface area contributed by atoms with Crippen LogP contribution in [0.3, 0.4) is 0 Å². The smallest absolute Gasteiger partial charge is 0.221 e. The van der Waals surface area contributed by atoms with Crippen molar-refractivity contribution in [2.24, 2.45) is 0 Å². The highest BCUT2D eigenvalue weighted by Gasteiger charge is 2.29. The number of hydrogen-bond acceptors (Lipinski definition) is 5. The Kier molecular flexibility index (Phi) is 6.82. The van der Waals surface area contributed by atoms with Gasteiger partial charge in [-0.25, -0.2) is 4.39 Å². The van der Waals surface area contributed by atoms with Crippen LogP contribution in [0.2, 0.25) is 0 Å². The fourth-order valence-corrected chi connectivity index (χ4v) is 3.32. The van der Waals surface area contributed by atoms with Gasteiger partial charge in [0.1, 0.15) is 17.7 Å². The Labute approximate surface area is 154 Å². The van der Waals surface area contributed by atoms with E-state index in [9.17, 15) is 9.18 Å². The van der Waals surface area contributed by atoms with Crippen LogP contribution in [0.15, 0.2) is 24.3 Å². The van der Waals surface area contributed by atoms with Crippen molar-refractivity contribution in [2.45, 2.75) is 25.0 Å². The lowest BCUT2D eigenvalue weighted by molar-refractivity contribution is -0.124. The van der Waals surface area contributed by atoms with Gasteiger partial charge in [0.25, 0.3) is 0 Å². The first-order valence-corrected chi connectivity index (χ1v) is 9.30. The van der Waals surface area contributed by atoms with E-state index in [1.54, 1.807) is 12.1 Å². The van der Waals surface area contributed by atoms with Crippen LogP contribution in [0.4, 0.5) is 4.39 Å². The monoisotopic (exact) mass is 365 g/mol. The predicted octanol–water partition coefficient (Wildman–Crippen LogP) is 1.12. The van der Waals surface area contributed by atoms with Crippen molar-refractivity contribution in [3.8, 4) is 5.75 Å². The Morgan fingerprint density at radius 3 is 2.92 bits per heavy atom. The van der Waals surface area contributed by atoms with Crippen molar-refractivity contribution in [2.75, 3.05) is 53.0 Å². The van der Waals surface area contributed by atoms with E-state index in [0.717, 1.165) is 32.7 Å². The van der Waals surface area contributed by atoms with E-state index in [0.29, 0.717) is 31.8 Å². The summed E-state index contributed by atoms with van der Waals surface area (Å²) in [7, 11) is 2.12. The fraction of sp³-hybridized carbons (Fsp3) is 0.632. The Bertz CT molecular complexity index is 593. The van der Waals surface area contributed by atoms with Crippen molar-refractivity contribution in [3.63, 3.8) is 0 Å². The van der Waals surface area contributed by atoms with Crippen LogP contribution >= 0.6 is 0 Å². The zero-order chi connectivity index (χ0) is 18.4. The molecule has 26 heavy (non-hydrogen) atoms. The number of carbonyl (C=O) groups is 1. The summed E-state index contributed by atoms with van der Waals surface area (Å²) in [6.45, 7) is 5.85. The molecular formula is C19H28FN3O3. The summed E-state index contributed by atoms with van der Waals surface area (Å²) in [5.74, 6) is 0.156. The van der Waals surface area contributed by atoms with Crippen molar-refractivity contribution in [1.82, 2.24) is 15.1 Å². The van der Waals surface area contributed by atoms with Gasteiger partial charge in [-0.2, -0.15) is 0 Å². The van der Waals surface area contributed by atoms with Crippen molar-refractivity contribution >= 4 is 5.91 Å². The third-order valence-corrected chi connectivity index (χ3v) is 4.97. The van der Waals surface area contributed by atoms with Gasteiger partial charge in [-0.05, 0) is 19.2 Å². The molecule has 0 radical (unpaired) electrons.